The second-order valence-corrected chi connectivity index (χ2v) is 7.51. The summed E-state index contributed by atoms with van der Waals surface area (Å²) in [6.07, 6.45) is 1.50. The third kappa shape index (κ3) is 6.02. The van der Waals surface area contributed by atoms with Gasteiger partial charge in [0.05, 0.1) is 32.8 Å². The second kappa shape index (κ2) is 10.5. The Morgan fingerprint density at radius 1 is 1.07 bits per heavy atom. The van der Waals surface area contributed by atoms with Crippen molar-refractivity contribution in [3.05, 3.63) is 35.4 Å². The molecule has 1 aromatic carbocycles. The van der Waals surface area contributed by atoms with Crippen LogP contribution < -0.4 is 5.32 Å². The number of hydrogen-bond donors (Lipinski definition) is 1. The van der Waals surface area contributed by atoms with Crippen LogP contribution in [0.4, 0.5) is 0 Å². The van der Waals surface area contributed by atoms with Gasteiger partial charge in [0.1, 0.15) is 0 Å². The van der Waals surface area contributed by atoms with Gasteiger partial charge in [-0.05, 0) is 37.1 Å². The lowest BCUT2D eigenvalue weighted by Gasteiger charge is -2.30. The van der Waals surface area contributed by atoms with E-state index in [2.05, 4.69) is 27.2 Å². The molecule has 2 aliphatic heterocycles. The zero-order valence-electron chi connectivity index (χ0n) is 16.7. The maximum Gasteiger partial charge on any atom is 0.308 e. The van der Waals surface area contributed by atoms with Gasteiger partial charge in [0.25, 0.3) is 0 Å². The molecular formula is C21H31N3O4. The van der Waals surface area contributed by atoms with Gasteiger partial charge in [-0.2, -0.15) is 0 Å². The third-order valence-corrected chi connectivity index (χ3v) is 5.58. The lowest BCUT2D eigenvalue weighted by atomic mass is 9.97. The Morgan fingerprint density at radius 3 is 2.43 bits per heavy atom. The largest absolute Gasteiger partial charge is 0.469 e. The molecule has 3 rings (SSSR count). The first-order valence-electron chi connectivity index (χ1n) is 10.1. The Kier molecular flexibility index (Phi) is 7.82. The molecule has 1 amide bonds. The summed E-state index contributed by atoms with van der Waals surface area (Å²) in [6.45, 7) is 6.76. The predicted molar refractivity (Wildman–Crippen MR) is 106 cm³/mol. The zero-order chi connectivity index (χ0) is 19.8. The summed E-state index contributed by atoms with van der Waals surface area (Å²) >= 11 is 0. The number of nitrogens with one attached hydrogen (secondary N) is 1. The van der Waals surface area contributed by atoms with Crippen molar-refractivity contribution in [2.75, 3.05) is 53.0 Å². The number of piperidine rings is 1. The van der Waals surface area contributed by atoms with Crippen LogP contribution in [-0.2, 0) is 32.2 Å². The van der Waals surface area contributed by atoms with Crippen molar-refractivity contribution in [3.8, 4) is 0 Å². The molecule has 7 heteroatoms. The van der Waals surface area contributed by atoms with Crippen LogP contribution >= 0.6 is 0 Å². The number of nitrogens with zero attached hydrogens (tertiary/aromatic N) is 2. The molecule has 2 saturated heterocycles. The fourth-order valence-corrected chi connectivity index (χ4v) is 3.83. The molecule has 0 radical (unpaired) electrons. The average molecular weight is 389 g/mol. The quantitative estimate of drug-likeness (QED) is 0.702. The highest BCUT2D eigenvalue weighted by Gasteiger charge is 2.26. The maximum atomic E-state index is 12.4. The zero-order valence-corrected chi connectivity index (χ0v) is 16.7. The fraction of sp³-hybridized carbons (Fsp3) is 0.619. The molecule has 0 unspecified atom stereocenters. The maximum absolute atomic E-state index is 12.4. The van der Waals surface area contributed by atoms with Gasteiger partial charge in [-0.1, -0.05) is 24.3 Å². The first-order chi connectivity index (χ1) is 13.7. The van der Waals surface area contributed by atoms with Crippen LogP contribution in [0.1, 0.15) is 24.0 Å². The molecule has 28 heavy (non-hydrogen) atoms. The van der Waals surface area contributed by atoms with Gasteiger partial charge in [0, 0.05) is 26.2 Å². The monoisotopic (exact) mass is 389 g/mol. The molecule has 0 saturated carbocycles. The van der Waals surface area contributed by atoms with E-state index < -0.39 is 0 Å². The summed E-state index contributed by atoms with van der Waals surface area (Å²) in [5.41, 5.74) is 2.41. The number of benzene rings is 1. The van der Waals surface area contributed by atoms with E-state index in [0.29, 0.717) is 13.1 Å². The van der Waals surface area contributed by atoms with Crippen molar-refractivity contribution in [1.29, 1.82) is 0 Å². The van der Waals surface area contributed by atoms with Crippen LogP contribution in [0.15, 0.2) is 24.3 Å². The van der Waals surface area contributed by atoms with Gasteiger partial charge in [0.2, 0.25) is 5.91 Å². The first-order valence-corrected chi connectivity index (χ1v) is 10.1. The highest BCUT2D eigenvalue weighted by atomic mass is 16.5. The Morgan fingerprint density at radius 2 is 1.75 bits per heavy atom. The average Bonchev–Trinajstić information content (AvgIpc) is 2.74. The van der Waals surface area contributed by atoms with Crippen LogP contribution in [0.25, 0.3) is 0 Å². The molecule has 1 aromatic rings. The molecule has 2 heterocycles. The first kappa shape index (κ1) is 20.8. The SMILES string of the molecule is COC(=O)C1CCN(CC(=O)NCc2ccccc2CN2CCOCC2)CC1. The standard InChI is InChI=1S/C21H31N3O4/c1-27-21(26)17-6-8-23(9-7-17)16-20(25)22-14-18-4-2-3-5-19(18)15-24-10-12-28-13-11-24/h2-5,17H,6-16H2,1H3,(H,22,25). The highest BCUT2D eigenvalue weighted by Crippen LogP contribution is 2.18. The molecule has 0 aromatic heterocycles. The van der Waals surface area contributed by atoms with Crippen LogP contribution in [-0.4, -0.2) is 74.7 Å². The summed E-state index contributed by atoms with van der Waals surface area (Å²) in [6, 6.07) is 8.28. The van der Waals surface area contributed by atoms with E-state index in [-0.39, 0.29) is 17.8 Å². The Balaban J connectivity index is 1.44. The topological polar surface area (TPSA) is 71.1 Å². The van der Waals surface area contributed by atoms with E-state index in [0.717, 1.165) is 64.3 Å². The Bertz CT molecular complexity index is 653. The molecule has 0 spiro atoms. The minimum Gasteiger partial charge on any atom is -0.469 e. The molecule has 2 fully saturated rings. The molecule has 2 aliphatic rings. The number of ether oxygens (including phenoxy) is 2. The molecular weight excluding hydrogens is 358 g/mol. The lowest BCUT2D eigenvalue weighted by Crippen LogP contribution is -2.42. The van der Waals surface area contributed by atoms with E-state index >= 15 is 0 Å². The smallest absolute Gasteiger partial charge is 0.308 e. The lowest BCUT2D eigenvalue weighted by molar-refractivity contribution is -0.147. The third-order valence-electron chi connectivity index (χ3n) is 5.58. The molecule has 0 atom stereocenters. The van der Waals surface area contributed by atoms with Crippen molar-refractivity contribution in [2.45, 2.75) is 25.9 Å². The number of morpholine rings is 1. The predicted octanol–water partition coefficient (Wildman–Crippen LogP) is 1.02. The molecule has 1 N–H and O–H groups in total. The van der Waals surface area contributed by atoms with Gasteiger partial charge < -0.3 is 14.8 Å². The highest BCUT2D eigenvalue weighted by molar-refractivity contribution is 5.78. The minimum absolute atomic E-state index is 0.0256. The van der Waals surface area contributed by atoms with E-state index in [1.807, 2.05) is 12.1 Å². The van der Waals surface area contributed by atoms with Crippen LogP contribution in [0.3, 0.4) is 0 Å². The Labute approximate surface area is 167 Å². The van der Waals surface area contributed by atoms with E-state index in [1.54, 1.807) is 0 Å². The van der Waals surface area contributed by atoms with Gasteiger partial charge in [0.15, 0.2) is 0 Å². The summed E-state index contributed by atoms with van der Waals surface area (Å²) in [5.74, 6) is -0.143. The van der Waals surface area contributed by atoms with Crippen molar-refractivity contribution >= 4 is 11.9 Å². The van der Waals surface area contributed by atoms with E-state index in [1.165, 1.54) is 12.7 Å². The van der Waals surface area contributed by atoms with Crippen molar-refractivity contribution < 1.29 is 19.1 Å². The van der Waals surface area contributed by atoms with E-state index in [4.69, 9.17) is 9.47 Å². The van der Waals surface area contributed by atoms with E-state index in [9.17, 15) is 9.59 Å². The minimum atomic E-state index is -0.138. The second-order valence-electron chi connectivity index (χ2n) is 7.51. The van der Waals surface area contributed by atoms with Gasteiger partial charge >= 0.3 is 5.97 Å². The van der Waals surface area contributed by atoms with Crippen LogP contribution in [0, 0.1) is 5.92 Å². The van der Waals surface area contributed by atoms with Gasteiger partial charge in [-0.25, -0.2) is 0 Å². The molecule has 154 valence electrons. The molecule has 7 nitrogen and oxygen atoms in total. The summed E-state index contributed by atoms with van der Waals surface area (Å²) in [4.78, 5) is 28.5. The number of carbonyl (C=O) groups is 2. The number of rotatable bonds is 7. The number of likely N-dealkylation sites (tertiary alicyclic amines) is 1. The summed E-state index contributed by atoms with van der Waals surface area (Å²) in [7, 11) is 1.43. The number of methoxy groups -OCH3 is 1. The van der Waals surface area contributed by atoms with Crippen LogP contribution in [0.2, 0.25) is 0 Å². The number of hydrogen-bond acceptors (Lipinski definition) is 6. The molecule has 0 bridgehead atoms. The summed E-state index contributed by atoms with van der Waals surface area (Å²) in [5, 5.41) is 3.05. The number of esters is 1. The normalized spacial score (nSPS) is 19.3. The van der Waals surface area contributed by atoms with Gasteiger partial charge in [-0.3, -0.25) is 19.4 Å². The number of amides is 1. The van der Waals surface area contributed by atoms with Crippen molar-refractivity contribution in [1.82, 2.24) is 15.1 Å². The van der Waals surface area contributed by atoms with Crippen LogP contribution in [0.5, 0.6) is 0 Å². The molecule has 0 aliphatic carbocycles. The van der Waals surface area contributed by atoms with Gasteiger partial charge in [-0.15, -0.1) is 0 Å². The fourth-order valence-electron chi connectivity index (χ4n) is 3.83. The summed E-state index contributed by atoms with van der Waals surface area (Å²) < 4.78 is 10.2. The van der Waals surface area contributed by atoms with Crippen molar-refractivity contribution in [2.24, 2.45) is 5.92 Å². The Hall–Kier alpha value is -1.96. The number of carbonyl (C=O) groups excluding carboxylic acids is 2. The van der Waals surface area contributed by atoms with Crippen molar-refractivity contribution in [3.63, 3.8) is 0 Å².